The van der Waals surface area contributed by atoms with Crippen molar-refractivity contribution in [3.8, 4) is 17.4 Å². The largest absolute Gasteiger partial charge is 0.508 e. The van der Waals surface area contributed by atoms with Crippen LogP contribution in [-0.4, -0.2) is 45.9 Å². The molecule has 8 nitrogen and oxygen atoms in total. The molecule has 3 aromatic rings. The van der Waals surface area contributed by atoms with Crippen molar-refractivity contribution in [3.63, 3.8) is 0 Å². The molecule has 1 saturated carbocycles. The van der Waals surface area contributed by atoms with Crippen LogP contribution in [0.25, 0.3) is 0 Å². The first kappa shape index (κ1) is 22.6. The zero-order valence-electron chi connectivity index (χ0n) is 18.9. The van der Waals surface area contributed by atoms with Gasteiger partial charge >= 0.3 is 5.97 Å². The summed E-state index contributed by atoms with van der Waals surface area (Å²) in [5.74, 6) is 1.28. The van der Waals surface area contributed by atoms with E-state index in [-0.39, 0.29) is 24.2 Å². The van der Waals surface area contributed by atoms with Gasteiger partial charge in [-0.3, -0.25) is 0 Å². The predicted molar refractivity (Wildman–Crippen MR) is 122 cm³/mol. The van der Waals surface area contributed by atoms with Crippen LogP contribution >= 0.6 is 0 Å². The maximum atomic E-state index is 12.5. The minimum absolute atomic E-state index is 0.0420. The van der Waals surface area contributed by atoms with Crippen molar-refractivity contribution in [2.75, 3.05) is 13.7 Å². The smallest absolute Gasteiger partial charge is 0.364 e. The molecule has 1 aliphatic rings. The number of rotatable bonds is 8. The first-order valence-corrected chi connectivity index (χ1v) is 11.3. The normalized spacial score (nSPS) is 18.0. The first-order chi connectivity index (χ1) is 16.1. The summed E-state index contributed by atoms with van der Waals surface area (Å²) in [5, 5.41) is 17.8. The molecule has 1 fully saturated rings. The fourth-order valence-corrected chi connectivity index (χ4v) is 4.17. The van der Waals surface area contributed by atoms with Crippen LogP contribution < -0.4 is 9.47 Å². The molecule has 8 heteroatoms. The van der Waals surface area contributed by atoms with Gasteiger partial charge in [-0.15, -0.1) is 5.10 Å². The number of esters is 1. The molecule has 4 rings (SSSR count). The predicted octanol–water partition coefficient (Wildman–Crippen LogP) is 4.32. The van der Waals surface area contributed by atoms with Crippen molar-refractivity contribution in [3.05, 3.63) is 65.4 Å². The van der Waals surface area contributed by atoms with Crippen LogP contribution in [-0.2, 0) is 11.3 Å². The number of hydrogen-bond acceptors (Lipinski definition) is 7. The van der Waals surface area contributed by atoms with Gasteiger partial charge in [0.15, 0.2) is 0 Å². The number of hydrogen-bond donors (Lipinski definition) is 1. The lowest BCUT2D eigenvalue weighted by atomic mass is 9.83. The molecule has 0 saturated heterocycles. The highest BCUT2D eigenvalue weighted by Crippen LogP contribution is 2.35. The summed E-state index contributed by atoms with van der Waals surface area (Å²) in [5.41, 5.74) is 2.31. The SMILES string of the molecule is CCOC(=O)c1nnn(Cc2ccc(OC)cc2)c1O[C@H]1CC[C@H](c2ccc(O)cc2)CC1. The Morgan fingerprint density at radius 3 is 2.39 bits per heavy atom. The highest BCUT2D eigenvalue weighted by molar-refractivity contribution is 5.89. The van der Waals surface area contributed by atoms with Crippen LogP contribution in [0.15, 0.2) is 48.5 Å². The summed E-state index contributed by atoms with van der Waals surface area (Å²) in [7, 11) is 1.63. The summed E-state index contributed by atoms with van der Waals surface area (Å²) in [4.78, 5) is 12.5. The van der Waals surface area contributed by atoms with E-state index < -0.39 is 5.97 Å². The van der Waals surface area contributed by atoms with Crippen LogP contribution in [0.4, 0.5) is 0 Å². The van der Waals surface area contributed by atoms with E-state index in [1.807, 2.05) is 36.4 Å². The molecule has 0 atom stereocenters. The zero-order valence-corrected chi connectivity index (χ0v) is 18.9. The lowest BCUT2D eigenvalue weighted by molar-refractivity contribution is 0.0507. The lowest BCUT2D eigenvalue weighted by Crippen LogP contribution is -2.25. The highest BCUT2D eigenvalue weighted by atomic mass is 16.5. The third-order valence-electron chi connectivity index (χ3n) is 5.97. The topological polar surface area (TPSA) is 95.7 Å². The van der Waals surface area contributed by atoms with Crippen LogP contribution in [0.5, 0.6) is 17.4 Å². The molecule has 0 amide bonds. The second kappa shape index (κ2) is 10.4. The van der Waals surface area contributed by atoms with E-state index in [1.165, 1.54) is 5.56 Å². The second-order valence-electron chi connectivity index (χ2n) is 8.15. The average molecular weight is 452 g/mol. The van der Waals surface area contributed by atoms with Crippen molar-refractivity contribution in [1.29, 1.82) is 0 Å². The first-order valence-electron chi connectivity index (χ1n) is 11.3. The Kier molecular flexibility index (Phi) is 7.12. The summed E-state index contributed by atoms with van der Waals surface area (Å²) in [6.45, 7) is 2.42. The molecular formula is C25H29N3O5. The van der Waals surface area contributed by atoms with Gasteiger partial charge in [-0.25, -0.2) is 9.48 Å². The Morgan fingerprint density at radius 1 is 1.06 bits per heavy atom. The fraction of sp³-hybridized carbons (Fsp3) is 0.400. The van der Waals surface area contributed by atoms with E-state index >= 15 is 0 Å². The third kappa shape index (κ3) is 5.45. The van der Waals surface area contributed by atoms with Crippen molar-refractivity contribution < 1.29 is 24.1 Å². The molecule has 33 heavy (non-hydrogen) atoms. The Hall–Kier alpha value is -3.55. The van der Waals surface area contributed by atoms with Crippen molar-refractivity contribution >= 4 is 5.97 Å². The van der Waals surface area contributed by atoms with Gasteiger partial charge in [-0.2, -0.15) is 0 Å². The molecule has 0 unspecified atom stereocenters. The molecule has 0 bridgehead atoms. The summed E-state index contributed by atoms with van der Waals surface area (Å²) in [6.07, 6.45) is 3.58. The molecule has 1 aliphatic carbocycles. The minimum atomic E-state index is -0.536. The molecule has 1 N–H and O–H groups in total. The van der Waals surface area contributed by atoms with Crippen LogP contribution in [0.3, 0.4) is 0 Å². The van der Waals surface area contributed by atoms with E-state index in [2.05, 4.69) is 10.3 Å². The number of carbonyl (C=O) groups excluding carboxylic acids is 1. The molecule has 2 aromatic carbocycles. The number of carbonyl (C=O) groups is 1. The number of phenols is 1. The van der Waals surface area contributed by atoms with E-state index in [0.717, 1.165) is 37.0 Å². The number of aromatic hydroxyl groups is 1. The second-order valence-corrected chi connectivity index (χ2v) is 8.15. The molecule has 174 valence electrons. The van der Waals surface area contributed by atoms with Gasteiger partial charge in [0.25, 0.3) is 0 Å². The lowest BCUT2D eigenvalue weighted by Gasteiger charge is -2.29. The fourth-order valence-electron chi connectivity index (χ4n) is 4.17. The Morgan fingerprint density at radius 2 is 1.76 bits per heavy atom. The van der Waals surface area contributed by atoms with Crippen molar-refractivity contribution in [2.24, 2.45) is 0 Å². The monoisotopic (exact) mass is 451 g/mol. The van der Waals surface area contributed by atoms with Gasteiger partial charge in [-0.1, -0.05) is 29.5 Å². The third-order valence-corrected chi connectivity index (χ3v) is 5.97. The van der Waals surface area contributed by atoms with E-state index in [4.69, 9.17) is 14.2 Å². The standard InChI is InChI=1S/C25H29N3O5/c1-3-32-25(30)23-24(28(27-26-23)16-17-4-12-21(31-2)13-5-17)33-22-14-8-19(9-15-22)18-6-10-20(29)11-7-18/h4-7,10-13,19,22,29H,3,8-9,14-16H2,1-2H3/t19-,22-. The molecule has 1 heterocycles. The number of methoxy groups -OCH3 is 1. The van der Waals surface area contributed by atoms with Crippen LogP contribution in [0, 0.1) is 0 Å². The Balaban J connectivity index is 1.48. The maximum Gasteiger partial charge on any atom is 0.364 e. The minimum Gasteiger partial charge on any atom is -0.508 e. The van der Waals surface area contributed by atoms with Gasteiger partial charge in [-0.05, 0) is 73.9 Å². The molecular weight excluding hydrogens is 422 g/mol. The number of ether oxygens (including phenoxy) is 3. The van der Waals surface area contributed by atoms with Gasteiger partial charge < -0.3 is 19.3 Å². The molecule has 0 spiro atoms. The van der Waals surface area contributed by atoms with Gasteiger partial charge in [0, 0.05) is 0 Å². The van der Waals surface area contributed by atoms with Crippen LogP contribution in [0.2, 0.25) is 0 Å². The van der Waals surface area contributed by atoms with E-state index in [9.17, 15) is 9.90 Å². The maximum absolute atomic E-state index is 12.5. The van der Waals surface area contributed by atoms with Gasteiger partial charge in [0.05, 0.1) is 20.3 Å². The number of phenolic OH excluding ortho intramolecular Hbond substituents is 1. The van der Waals surface area contributed by atoms with Gasteiger partial charge in [0.2, 0.25) is 11.6 Å². The Labute approximate surface area is 193 Å². The molecule has 1 aromatic heterocycles. The summed E-state index contributed by atoms with van der Waals surface area (Å²) < 4.78 is 18.3. The van der Waals surface area contributed by atoms with E-state index in [0.29, 0.717) is 18.3 Å². The Bertz CT molecular complexity index is 1050. The quantitative estimate of drug-likeness (QED) is 0.510. The van der Waals surface area contributed by atoms with Crippen molar-refractivity contribution in [1.82, 2.24) is 15.0 Å². The number of nitrogens with zero attached hydrogens (tertiary/aromatic N) is 3. The zero-order chi connectivity index (χ0) is 23.2. The molecule has 0 radical (unpaired) electrons. The number of benzene rings is 2. The summed E-state index contributed by atoms with van der Waals surface area (Å²) >= 11 is 0. The van der Waals surface area contributed by atoms with E-state index in [1.54, 1.807) is 30.8 Å². The molecule has 0 aliphatic heterocycles. The highest BCUT2D eigenvalue weighted by Gasteiger charge is 2.29. The summed E-state index contributed by atoms with van der Waals surface area (Å²) in [6, 6.07) is 15.1. The van der Waals surface area contributed by atoms with Gasteiger partial charge in [0.1, 0.15) is 17.6 Å². The van der Waals surface area contributed by atoms with Crippen molar-refractivity contribution in [2.45, 2.75) is 51.2 Å². The average Bonchev–Trinajstić information content (AvgIpc) is 3.23. The number of aromatic nitrogens is 3. The van der Waals surface area contributed by atoms with Crippen LogP contribution in [0.1, 0.15) is 60.1 Å².